The Morgan fingerprint density at radius 2 is 2.19 bits per heavy atom. The largest absolute Gasteiger partial charge is 0.508 e. The van der Waals surface area contributed by atoms with E-state index in [1.165, 1.54) is 0 Å². The quantitative estimate of drug-likeness (QED) is 0.794. The first-order valence-electron chi connectivity index (χ1n) is 4.88. The van der Waals surface area contributed by atoms with Gasteiger partial charge in [-0.15, -0.1) is 0 Å². The van der Waals surface area contributed by atoms with E-state index in [1.807, 2.05) is 6.07 Å². The van der Waals surface area contributed by atoms with Gasteiger partial charge in [0, 0.05) is 22.5 Å². The molecule has 0 aliphatic heterocycles. The summed E-state index contributed by atoms with van der Waals surface area (Å²) in [6, 6.07) is 3.01. The van der Waals surface area contributed by atoms with Crippen LogP contribution >= 0.6 is 15.9 Å². The zero-order valence-corrected chi connectivity index (χ0v) is 10.5. The Balaban J connectivity index is 2.84. The number of carbonyl (C=O) groups is 1. The van der Waals surface area contributed by atoms with E-state index in [9.17, 15) is 9.90 Å². The Hall–Kier alpha value is -1.07. The van der Waals surface area contributed by atoms with Gasteiger partial charge in [-0.3, -0.25) is 4.79 Å². The SMILES string of the molecule is Cc1c(O)cc(C(N)CCC(=O)O)cc1Br. The van der Waals surface area contributed by atoms with Gasteiger partial charge in [-0.1, -0.05) is 15.9 Å². The van der Waals surface area contributed by atoms with Crippen LogP contribution < -0.4 is 5.73 Å². The molecular formula is C11H14BrNO3. The molecule has 0 saturated heterocycles. The standard InChI is InChI=1S/C11H14BrNO3/c1-6-8(12)4-7(5-10(6)14)9(13)2-3-11(15)16/h4-5,9,14H,2-3,13H2,1H3,(H,15,16). The van der Waals surface area contributed by atoms with Crippen LogP contribution in [0.25, 0.3) is 0 Å². The van der Waals surface area contributed by atoms with Gasteiger partial charge in [-0.25, -0.2) is 0 Å². The maximum absolute atomic E-state index is 10.4. The van der Waals surface area contributed by atoms with Crippen LogP contribution in [0.4, 0.5) is 0 Å². The summed E-state index contributed by atoms with van der Waals surface area (Å²) in [5.41, 5.74) is 7.31. The molecule has 4 N–H and O–H groups in total. The van der Waals surface area contributed by atoms with Gasteiger partial charge in [-0.2, -0.15) is 0 Å². The lowest BCUT2D eigenvalue weighted by Crippen LogP contribution is -2.12. The molecule has 0 aliphatic rings. The molecule has 0 spiro atoms. The van der Waals surface area contributed by atoms with Crippen LogP contribution in [-0.2, 0) is 4.79 Å². The summed E-state index contributed by atoms with van der Waals surface area (Å²) in [7, 11) is 0. The van der Waals surface area contributed by atoms with Gasteiger partial charge in [0.2, 0.25) is 0 Å². The monoisotopic (exact) mass is 287 g/mol. The van der Waals surface area contributed by atoms with E-state index in [0.717, 1.165) is 15.6 Å². The molecular weight excluding hydrogens is 274 g/mol. The molecule has 0 bridgehead atoms. The van der Waals surface area contributed by atoms with E-state index < -0.39 is 5.97 Å². The molecule has 16 heavy (non-hydrogen) atoms. The van der Waals surface area contributed by atoms with Crippen LogP contribution in [0.2, 0.25) is 0 Å². The lowest BCUT2D eigenvalue weighted by Gasteiger charge is -2.13. The molecule has 0 radical (unpaired) electrons. The molecule has 1 aromatic carbocycles. The Bertz CT molecular complexity index is 383. The lowest BCUT2D eigenvalue weighted by molar-refractivity contribution is -0.137. The molecule has 4 nitrogen and oxygen atoms in total. The van der Waals surface area contributed by atoms with Crippen molar-refractivity contribution < 1.29 is 15.0 Å². The molecule has 1 unspecified atom stereocenters. The van der Waals surface area contributed by atoms with Gasteiger partial charge in [0.25, 0.3) is 0 Å². The van der Waals surface area contributed by atoms with Gasteiger partial charge < -0.3 is 15.9 Å². The number of phenols is 1. The van der Waals surface area contributed by atoms with Gasteiger partial charge in [0.1, 0.15) is 5.75 Å². The fourth-order valence-electron chi connectivity index (χ4n) is 1.34. The summed E-state index contributed by atoms with van der Waals surface area (Å²) in [5.74, 6) is -0.707. The second-order valence-corrected chi connectivity index (χ2v) is 4.54. The highest BCUT2D eigenvalue weighted by Gasteiger charge is 2.12. The average Bonchev–Trinajstić information content (AvgIpc) is 2.21. The lowest BCUT2D eigenvalue weighted by atomic mass is 10.0. The normalized spacial score (nSPS) is 12.4. The minimum absolute atomic E-state index is 0.0213. The second kappa shape index (κ2) is 5.32. The van der Waals surface area contributed by atoms with Crippen molar-refractivity contribution in [3.05, 3.63) is 27.7 Å². The zero-order valence-electron chi connectivity index (χ0n) is 8.90. The minimum atomic E-state index is -0.870. The van der Waals surface area contributed by atoms with Crippen LogP contribution in [0.3, 0.4) is 0 Å². The first kappa shape index (κ1) is 13.0. The third kappa shape index (κ3) is 3.21. The molecule has 0 fully saturated rings. The van der Waals surface area contributed by atoms with Crippen LogP contribution in [0.1, 0.15) is 30.0 Å². The van der Waals surface area contributed by atoms with Crippen molar-refractivity contribution >= 4 is 21.9 Å². The fourth-order valence-corrected chi connectivity index (χ4v) is 1.81. The number of nitrogens with two attached hydrogens (primary N) is 1. The van der Waals surface area contributed by atoms with Gasteiger partial charge >= 0.3 is 5.97 Å². The summed E-state index contributed by atoms with van der Waals surface area (Å²) >= 11 is 3.31. The molecule has 1 aromatic rings. The molecule has 0 heterocycles. The summed E-state index contributed by atoms with van der Waals surface area (Å²) in [6.07, 6.45) is 0.373. The van der Waals surface area contributed by atoms with Crippen molar-refractivity contribution in [1.29, 1.82) is 0 Å². The molecule has 5 heteroatoms. The number of hydrogen-bond donors (Lipinski definition) is 3. The summed E-state index contributed by atoms with van der Waals surface area (Å²) in [4.78, 5) is 10.4. The summed E-state index contributed by atoms with van der Waals surface area (Å²) in [6.45, 7) is 1.78. The molecule has 88 valence electrons. The van der Waals surface area contributed by atoms with E-state index in [-0.39, 0.29) is 18.2 Å². The van der Waals surface area contributed by atoms with E-state index in [0.29, 0.717) is 6.42 Å². The number of halogens is 1. The number of benzene rings is 1. The number of aromatic hydroxyl groups is 1. The Kier molecular flexibility index (Phi) is 4.32. The van der Waals surface area contributed by atoms with E-state index in [1.54, 1.807) is 13.0 Å². The summed E-state index contributed by atoms with van der Waals surface area (Å²) < 4.78 is 0.772. The number of carboxylic acid groups (broad SMARTS) is 1. The molecule has 0 aliphatic carbocycles. The highest BCUT2D eigenvalue weighted by molar-refractivity contribution is 9.10. The maximum atomic E-state index is 10.4. The van der Waals surface area contributed by atoms with Gasteiger partial charge in [0.15, 0.2) is 0 Å². The summed E-state index contributed by atoms with van der Waals surface area (Å²) in [5, 5.41) is 18.2. The van der Waals surface area contributed by atoms with Crippen molar-refractivity contribution in [2.45, 2.75) is 25.8 Å². The number of hydrogen-bond acceptors (Lipinski definition) is 3. The van der Waals surface area contributed by atoms with Gasteiger partial charge in [0.05, 0.1) is 0 Å². The second-order valence-electron chi connectivity index (χ2n) is 3.69. The van der Waals surface area contributed by atoms with Crippen molar-refractivity contribution in [3.8, 4) is 5.75 Å². The number of carboxylic acids is 1. The van der Waals surface area contributed by atoms with Crippen LogP contribution in [0.5, 0.6) is 5.75 Å². The molecule has 1 rings (SSSR count). The highest BCUT2D eigenvalue weighted by Crippen LogP contribution is 2.30. The molecule has 0 saturated carbocycles. The predicted octanol–water partition coefficient (Wildman–Crippen LogP) is 2.33. The van der Waals surface area contributed by atoms with Crippen molar-refractivity contribution in [2.75, 3.05) is 0 Å². The van der Waals surface area contributed by atoms with E-state index >= 15 is 0 Å². The number of phenolic OH excluding ortho intramolecular Hbond substituents is 1. The topological polar surface area (TPSA) is 83.5 Å². The van der Waals surface area contributed by atoms with Crippen LogP contribution in [-0.4, -0.2) is 16.2 Å². The first-order chi connectivity index (χ1) is 7.41. The number of rotatable bonds is 4. The third-order valence-electron chi connectivity index (χ3n) is 2.44. The Morgan fingerprint density at radius 3 is 2.69 bits per heavy atom. The molecule has 0 aromatic heterocycles. The van der Waals surface area contributed by atoms with Crippen LogP contribution in [0.15, 0.2) is 16.6 Å². The maximum Gasteiger partial charge on any atom is 0.303 e. The van der Waals surface area contributed by atoms with E-state index in [2.05, 4.69) is 15.9 Å². The third-order valence-corrected chi connectivity index (χ3v) is 3.26. The van der Waals surface area contributed by atoms with Crippen molar-refractivity contribution in [3.63, 3.8) is 0 Å². The van der Waals surface area contributed by atoms with Gasteiger partial charge in [-0.05, 0) is 31.0 Å². The van der Waals surface area contributed by atoms with Crippen molar-refractivity contribution in [1.82, 2.24) is 0 Å². The highest BCUT2D eigenvalue weighted by atomic mass is 79.9. The molecule has 0 amide bonds. The molecule has 1 atom stereocenters. The smallest absolute Gasteiger partial charge is 0.303 e. The first-order valence-corrected chi connectivity index (χ1v) is 5.67. The fraction of sp³-hybridized carbons (Fsp3) is 0.364. The average molecular weight is 288 g/mol. The number of aliphatic carboxylic acids is 1. The Morgan fingerprint density at radius 1 is 1.56 bits per heavy atom. The minimum Gasteiger partial charge on any atom is -0.508 e. The van der Waals surface area contributed by atoms with Crippen LogP contribution in [0, 0.1) is 6.92 Å². The zero-order chi connectivity index (χ0) is 12.3. The Labute approximate surface area is 102 Å². The van der Waals surface area contributed by atoms with Crippen molar-refractivity contribution in [2.24, 2.45) is 5.73 Å². The predicted molar refractivity (Wildman–Crippen MR) is 64.3 cm³/mol. The van der Waals surface area contributed by atoms with E-state index in [4.69, 9.17) is 10.8 Å².